The first kappa shape index (κ1) is 22.2. The monoisotopic (exact) mass is 362 g/mol. The van der Waals surface area contributed by atoms with Crippen molar-refractivity contribution in [1.29, 1.82) is 0 Å². The van der Waals surface area contributed by atoms with E-state index in [0.29, 0.717) is 38.0 Å². The molecule has 0 unspecified atom stereocenters. The smallest absolute Gasteiger partial charge is 0.311 e. The number of unbranched alkanes of at least 4 members (excludes halogenated alkanes) is 6. The molecule has 0 fully saturated rings. The van der Waals surface area contributed by atoms with Crippen LogP contribution in [0.1, 0.15) is 82.3 Å². The second-order valence-corrected chi connectivity index (χ2v) is 6.87. The molecule has 0 N–H and O–H groups in total. The Morgan fingerprint density at radius 2 is 1.50 bits per heavy atom. The Bertz CT molecular complexity index is 551. The van der Waals surface area contributed by atoms with Crippen LogP contribution in [0.3, 0.4) is 0 Å². The molecule has 0 aliphatic carbocycles. The summed E-state index contributed by atoms with van der Waals surface area (Å²) in [4.78, 5) is 23.6. The molecule has 26 heavy (non-hydrogen) atoms. The van der Waals surface area contributed by atoms with Crippen LogP contribution < -0.4 is 4.74 Å². The van der Waals surface area contributed by atoms with Crippen LogP contribution >= 0.6 is 0 Å². The lowest BCUT2D eigenvalue weighted by Gasteiger charge is -2.09. The minimum Gasteiger partial charge on any atom is -0.466 e. The van der Waals surface area contributed by atoms with Crippen molar-refractivity contribution in [3.05, 3.63) is 29.3 Å². The third kappa shape index (κ3) is 9.59. The van der Waals surface area contributed by atoms with Gasteiger partial charge >= 0.3 is 11.9 Å². The molecule has 0 spiro atoms. The molecule has 0 saturated heterocycles. The zero-order valence-corrected chi connectivity index (χ0v) is 16.6. The number of hydrogen-bond acceptors (Lipinski definition) is 4. The number of benzene rings is 1. The fraction of sp³-hybridized carbons (Fsp3) is 0.636. The van der Waals surface area contributed by atoms with Crippen LogP contribution in [0.4, 0.5) is 0 Å². The summed E-state index contributed by atoms with van der Waals surface area (Å²) in [5.41, 5.74) is 2.09. The van der Waals surface area contributed by atoms with Crippen LogP contribution in [0.15, 0.2) is 18.2 Å². The molecule has 4 nitrogen and oxygen atoms in total. The molecule has 1 aromatic carbocycles. The van der Waals surface area contributed by atoms with Crippen LogP contribution in [-0.4, -0.2) is 18.5 Å². The first-order chi connectivity index (χ1) is 12.5. The van der Waals surface area contributed by atoms with E-state index in [4.69, 9.17) is 9.47 Å². The molecule has 0 heterocycles. The van der Waals surface area contributed by atoms with E-state index in [-0.39, 0.29) is 11.9 Å². The molecule has 0 aromatic heterocycles. The molecule has 0 saturated carbocycles. The minimum atomic E-state index is -0.251. The van der Waals surface area contributed by atoms with Crippen molar-refractivity contribution in [3.8, 4) is 5.75 Å². The van der Waals surface area contributed by atoms with Crippen molar-refractivity contribution >= 4 is 11.9 Å². The number of rotatable bonds is 13. The van der Waals surface area contributed by atoms with Gasteiger partial charge in [-0.2, -0.15) is 0 Å². The molecular weight excluding hydrogens is 328 g/mol. The molecule has 4 heteroatoms. The van der Waals surface area contributed by atoms with Crippen molar-refractivity contribution in [2.75, 3.05) is 6.61 Å². The molecule has 0 atom stereocenters. The summed E-state index contributed by atoms with van der Waals surface area (Å²) in [5.74, 6) is 0.203. The summed E-state index contributed by atoms with van der Waals surface area (Å²) in [5, 5.41) is 0. The minimum absolute atomic E-state index is 0.165. The molecule has 0 aliphatic heterocycles. The van der Waals surface area contributed by atoms with Gasteiger partial charge in [-0.1, -0.05) is 51.2 Å². The zero-order chi connectivity index (χ0) is 19.2. The Labute approximate surface area is 158 Å². The van der Waals surface area contributed by atoms with Gasteiger partial charge in [-0.25, -0.2) is 0 Å². The van der Waals surface area contributed by atoms with Crippen molar-refractivity contribution < 1.29 is 19.1 Å². The maximum atomic E-state index is 11.9. The van der Waals surface area contributed by atoms with E-state index in [1.54, 1.807) is 6.07 Å². The van der Waals surface area contributed by atoms with Crippen LogP contribution in [0.25, 0.3) is 0 Å². The summed E-state index contributed by atoms with van der Waals surface area (Å²) in [6.07, 6.45) is 9.04. The number of carbonyl (C=O) groups excluding carboxylic acids is 2. The highest BCUT2D eigenvalue weighted by Crippen LogP contribution is 2.21. The van der Waals surface area contributed by atoms with E-state index in [1.807, 2.05) is 26.0 Å². The Balaban J connectivity index is 2.06. The van der Waals surface area contributed by atoms with E-state index < -0.39 is 0 Å². The Morgan fingerprint density at radius 1 is 0.846 bits per heavy atom. The molecule has 0 aliphatic rings. The van der Waals surface area contributed by atoms with Crippen molar-refractivity contribution in [2.45, 2.75) is 85.0 Å². The highest BCUT2D eigenvalue weighted by Gasteiger charge is 2.09. The lowest BCUT2D eigenvalue weighted by molar-refractivity contribution is -0.144. The summed E-state index contributed by atoms with van der Waals surface area (Å²) in [7, 11) is 0. The van der Waals surface area contributed by atoms with E-state index in [0.717, 1.165) is 24.0 Å². The Hall–Kier alpha value is -1.84. The third-order valence-corrected chi connectivity index (χ3v) is 4.55. The number of aryl methyl sites for hydroxylation is 1. The molecule has 1 rings (SSSR count). The van der Waals surface area contributed by atoms with Gasteiger partial charge in [-0.3, -0.25) is 9.59 Å². The topological polar surface area (TPSA) is 52.6 Å². The average Bonchev–Trinajstić information content (AvgIpc) is 2.62. The van der Waals surface area contributed by atoms with Gasteiger partial charge in [0.25, 0.3) is 0 Å². The van der Waals surface area contributed by atoms with Crippen molar-refractivity contribution in [3.63, 3.8) is 0 Å². The van der Waals surface area contributed by atoms with Gasteiger partial charge < -0.3 is 9.47 Å². The van der Waals surface area contributed by atoms with E-state index in [9.17, 15) is 9.59 Å². The summed E-state index contributed by atoms with van der Waals surface area (Å²) in [6, 6.07) is 5.67. The van der Waals surface area contributed by atoms with Gasteiger partial charge in [-0.15, -0.1) is 0 Å². The van der Waals surface area contributed by atoms with Crippen LogP contribution in [0.5, 0.6) is 5.75 Å². The molecule has 0 bridgehead atoms. The van der Waals surface area contributed by atoms with E-state index >= 15 is 0 Å². The largest absolute Gasteiger partial charge is 0.466 e. The van der Waals surface area contributed by atoms with E-state index in [2.05, 4.69) is 6.92 Å². The van der Waals surface area contributed by atoms with Crippen molar-refractivity contribution in [1.82, 2.24) is 0 Å². The molecule has 0 amide bonds. The van der Waals surface area contributed by atoms with Gasteiger partial charge in [0.05, 0.1) is 6.61 Å². The molecule has 0 radical (unpaired) electrons. The molecule has 146 valence electrons. The zero-order valence-electron chi connectivity index (χ0n) is 16.6. The van der Waals surface area contributed by atoms with Crippen molar-refractivity contribution in [2.24, 2.45) is 0 Å². The van der Waals surface area contributed by atoms with Crippen LogP contribution in [-0.2, 0) is 14.3 Å². The van der Waals surface area contributed by atoms with Gasteiger partial charge in [0, 0.05) is 12.8 Å². The average molecular weight is 363 g/mol. The fourth-order valence-corrected chi connectivity index (χ4v) is 2.69. The van der Waals surface area contributed by atoms with Crippen LogP contribution in [0.2, 0.25) is 0 Å². The van der Waals surface area contributed by atoms with Gasteiger partial charge in [-0.05, 0) is 50.3 Å². The number of hydrogen-bond donors (Lipinski definition) is 0. The van der Waals surface area contributed by atoms with E-state index in [1.165, 1.54) is 25.7 Å². The highest BCUT2D eigenvalue weighted by atomic mass is 16.5. The molecular formula is C22H34O4. The van der Waals surface area contributed by atoms with Crippen LogP contribution in [0, 0.1) is 13.8 Å². The predicted octanol–water partition coefficient (Wildman–Crippen LogP) is 5.67. The van der Waals surface area contributed by atoms with Gasteiger partial charge in [0.15, 0.2) is 0 Å². The SMILES string of the molecule is CCCCCCCCOC(=O)CCCCC(=O)Oc1cccc(C)c1C. The first-order valence-corrected chi connectivity index (χ1v) is 9.97. The highest BCUT2D eigenvalue weighted by molar-refractivity contribution is 5.73. The maximum absolute atomic E-state index is 11.9. The second kappa shape index (κ2) is 13.4. The Kier molecular flexibility index (Phi) is 11.4. The summed E-state index contributed by atoms with van der Waals surface area (Å²) in [6.45, 7) is 6.64. The predicted molar refractivity (Wildman–Crippen MR) is 104 cm³/mol. The number of esters is 2. The lowest BCUT2D eigenvalue weighted by Crippen LogP contribution is -2.10. The fourth-order valence-electron chi connectivity index (χ4n) is 2.69. The van der Waals surface area contributed by atoms with Gasteiger partial charge in [0.2, 0.25) is 0 Å². The normalized spacial score (nSPS) is 10.6. The van der Waals surface area contributed by atoms with Gasteiger partial charge in [0.1, 0.15) is 5.75 Å². The summed E-state index contributed by atoms with van der Waals surface area (Å²) < 4.78 is 10.6. The molecule has 1 aromatic rings. The first-order valence-electron chi connectivity index (χ1n) is 9.97. The Morgan fingerprint density at radius 3 is 2.23 bits per heavy atom. The number of ether oxygens (including phenoxy) is 2. The quantitative estimate of drug-likeness (QED) is 0.258. The second-order valence-electron chi connectivity index (χ2n) is 6.87. The maximum Gasteiger partial charge on any atom is 0.311 e. The number of carbonyl (C=O) groups is 2. The standard InChI is InChI=1S/C22H34O4/c1-4-5-6-7-8-11-17-25-21(23)15-9-10-16-22(24)26-20-14-12-13-18(2)19(20)3/h12-14H,4-11,15-17H2,1-3H3. The lowest BCUT2D eigenvalue weighted by atomic mass is 10.1. The summed E-state index contributed by atoms with van der Waals surface area (Å²) >= 11 is 0. The third-order valence-electron chi connectivity index (χ3n) is 4.55.